The van der Waals surface area contributed by atoms with Crippen molar-refractivity contribution in [2.45, 2.75) is 65.7 Å². The van der Waals surface area contributed by atoms with E-state index in [0.29, 0.717) is 40.8 Å². The zero-order chi connectivity index (χ0) is 33.1. The number of nitrogens with one attached hydrogen (secondary N) is 2. The molecule has 3 rings (SSSR count). The number of ketones is 1. The summed E-state index contributed by atoms with van der Waals surface area (Å²) in [4.78, 5) is 79.5. The second kappa shape index (κ2) is 17.7. The van der Waals surface area contributed by atoms with Crippen LogP contribution in [-0.4, -0.2) is 95.8 Å². The molecule has 6 atom stereocenters. The molecule has 0 bridgehead atoms. The number of carbonyl (C=O) groups excluding carboxylic acids is 3. The number of aliphatic carboxylic acids is 2. The van der Waals surface area contributed by atoms with E-state index >= 15 is 0 Å². The molecule has 0 spiro atoms. The molecule has 2 heterocycles. The van der Waals surface area contributed by atoms with Crippen LogP contribution >= 0.6 is 47.0 Å². The summed E-state index contributed by atoms with van der Waals surface area (Å²) >= 11 is 5.28. The van der Waals surface area contributed by atoms with Gasteiger partial charge in [0.2, 0.25) is 11.8 Å². The highest BCUT2D eigenvalue weighted by Crippen LogP contribution is 2.48. The molecular formula is C28H36N6O7S4. The highest BCUT2D eigenvalue weighted by molar-refractivity contribution is 8.00. The molecule has 0 aromatic carbocycles. The molecule has 2 aromatic heterocycles. The Bertz CT molecular complexity index is 1290. The monoisotopic (exact) mass is 696 g/mol. The summed E-state index contributed by atoms with van der Waals surface area (Å²) in [6.45, 7) is 2.49. The maximum Gasteiger partial charge on any atom is 0.327 e. The summed E-state index contributed by atoms with van der Waals surface area (Å²) in [6, 6.07) is 1.19. The van der Waals surface area contributed by atoms with Crippen LogP contribution < -0.4 is 10.6 Å². The van der Waals surface area contributed by atoms with Gasteiger partial charge in [0.05, 0.1) is 26.2 Å². The molecule has 4 N–H and O–H groups in total. The summed E-state index contributed by atoms with van der Waals surface area (Å²) in [5, 5.41) is 24.6. The number of aromatic nitrogens is 4. The molecule has 0 aliphatic heterocycles. The lowest BCUT2D eigenvalue weighted by molar-refractivity contribution is -0.141. The van der Waals surface area contributed by atoms with E-state index < -0.39 is 58.2 Å². The van der Waals surface area contributed by atoms with Crippen LogP contribution in [0.25, 0.3) is 0 Å². The van der Waals surface area contributed by atoms with E-state index in [2.05, 4.69) is 30.6 Å². The van der Waals surface area contributed by atoms with Crippen LogP contribution in [0.4, 0.5) is 0 Å². The predicted molar refractivity (Wildman–Crippen MR) is 174 cm³/mol. The van der Waals surface area contributed by atoms with Crippen LogP contribution in [0, 0.1) is 11.8 Å². The van der Waals surface area contributed by atoms with Gasteiger partial charge in [-0.05, 0) is 37.5 Å². The second-order valence-corrected chi connectivity index (χ2v) is 14.2. The first-order valence-corrected chi connectivity index (χ1v) is 18.5. The van der Waals surface area contributed by atoms with Gasteiger partial charge < -0.3 is 20.8 Å². The van der Waals surface area contributed by atoms with Crippen LogP contribution in [0.2, 0.25) is 0 Å². The van der Waals surface area contributed by atoms with Crippen molar-refractivity contribution in [2.24, 2.45) is 11.8 Å². The minimum atomic E-state index is -1.19. The maximum absolute atomic E-state index is 14.5. The fraction of sp³-hybridized carbons (Fsp3) is 0.536. The van der Waals surface area contributed by atoms with Gasteiger partial charge in [0, 0.05) is 43.4 Å². The summed E-state index contributed by atoms with van der Waals surface area (Å²) in [7, 11) is 0. The number of hydrogen-bond donors (Lipinski definition) is 4. The largest absolute Gasteiger partial charge is 0.480 e. The van der Waals surface area contributed by atoms with Crippen molar-refractivity contribution in [3.05, 3.63) is 36.2 Å². The smallest absolute Gasteiger partial charge is 0.327 e. The van der Waals surface area contributed by atoms with Gasteiger partial charge in [0.25, 0.3) is 0 Å². The molecule has 1 saturated carbocycles. The SMILES string of the molecule is CSc1cc(C(SC[C@H](NC(C)=O)C(=O)O)C2CCCC(C(SC[C@H](NC(C)=O)C(=O)O)c3nccc(SC)n3)C2=O)ncn1. The quantitative estimate of drug-likeness (QED) is 0.147. The van der Waals surface area contributed by atoms with Gasteiger partial charge in [-0.15, -0.1) is 47.0 Å². The van der Waals surface area contributed by atoms with Gasteiger partial charge in [0.1, 0.15) is 30.0 Å². The van der Waals surface area contributed by atoms with Crippen molar-refractivity contribution in [2.75, 3.05) is 24.0 Å². The minimum absolute atomic E-state index is 0.000691. The Hall–Kier alpha value is -2.89. The predicted octanol–water partition coefficient (Wildman–Crippen LogP) is 3.12. The number of nitrogens with zero attached hydrogens (tertiary/aromatic N) is 4. The number of amides is 2. The van der Waals surface area contributed by atoms with E-state index in [1.807, 2.05) is 12.5 Å². The first-order chi connectivity index (χ1) is 21.4. The average Bonchev–Trinajstić information content (AvgIpc) is 3.01. The van der Waals surface area contributed by atoms with Crippen LogP contribution in [-0.2, 0) is 24.0 Å². The van der Waals surface area contributed by atoms with Crippen molar-refractivity contribution in [3.63, 3.8) is 0 Å². The summed E-state index contributed by atoms with van der Waals surface area (Å²) < 4.78 is 0. The molecular weight excluding hydrogens is 661 g/mol. The van der Waals surface area contributed by atoms with Gasteiger partial charge in [-0.2, -0.15) is 0 Å². The molecule has 13 nitrogen and oxygen atoms in total. The lowest BCUT2D eigenvalue weighted by Crippen LogP contribution is -2.42. The normalized spacial score (nSPS) is 19.2. The number of carboxylic acid groups (broad SMARTS) is 2. The van der Waals surface area contributed by atoms with Crippen LogP contribution in [0.3, 0.4) is 0 Å². The first-order valence-electron chi connectivity index (χ1n) is 13.9. The zero-order valence-corrected chi connectivity index (χ0v) is 28.4. The van der Waals surface area contributed by atoms with Crippen LogP contribution in [0.15, 0.2) is 34.7 Å². The Kier molecular flexibility index (Phi) is 14.4. The summed E-state index contributed by atoms with van der Waals surface area (Å²) in [6.07, 6.45) is 8.45. The summed E-state index contributed by atoms with van der Waals surface area (Å²) in [5.74, 6) is -4.21. The molecule has 17 heteroatoms. The number of carbonyl (C=O) groups is 5. The topological polar surface area (TPSA) is 201 Å². The Morgan fingerprint density at radius 1 is 0.867 bits per heavy atom. The Morgan fingerprint density at radius 3 is 1.96 bits per heavy atom. The highest BCUT2D eigenvalue weighted by Gasteiger charge is 2.43. The van der Waals surface area contributed by atoms with E-state index in [9.17, 15) is 34.2 Å². The third-order valence-corrected chi connectivity index (χ3v) is 11.2. The van der Waals surface area contributed by atoms with Gasteiger partial charge in [0.15, 0.2) is 0 Å². The molecule has 1 fully saturated rings. The number of Topliss-reactive ketones (excluding diaryl/α,β-unsaturated/α-hetero) is 1. The number of rotatable bonds is 16. The fourth-order valence-corrected chi connectivity index (χ4v) is 8.56. The molecule has 244 valence electrons. The lowest BCUT2D eigenvalue weighted by Gasteiger charge is -2.36. The van der Waals surface area contributed by atoms with Crippen molar-refractivity contribution in [3.8, 4) is 0 Å². The molecule has 2 aromatic rings. The zero-order valence-electron chi connectivity index (χ0n) is 25.2. The van der Waals surface area contributed by atoms with E-state index in [0.717, 1.165) is 0 Å². The van der Waals surface area contributed by atoms with Gasteiger partial charge >= 0.3 is 11.9 Å². The molecule has 45 heavy (non-hydrogen) atoms. The molecule has 0 radical (unpaired) electrons. The average molecular weight is 697 g/mol. The van der Waals surface area contributed by atoms with Gasteiger partial charge in [-0.1, -0.05) is 6.42 Å². The molecule has 2 amide bonds. The lowest BCUT2D eigenvalue weighted by atomic mass is 9.76. The number of hydrogen-bond acceptors (Lipinski definition) is 13. The third kappa shape index (κ3) is 10.6. The van der Waals surface area contributed by atoms with E-state index in [1.165, 1.54) is 67.2 Å². The third-order valence-electron chi connectivity index (χ3n) is 7.00. The molecule has 1 aliphatic carbocycles. The minimum Gasteiger partial charge on any atom is -0.480 e. The molecule has 4 unspecified atom stereocenters. The number of carboxylic acids is 2. The first kappa shape index (κ1) is 36.6. The Balaban J connectivity index is 2.00. The van der Waals surface area contributed by atoms with Crippen LogP contribution in [0.1, 0.15) is 55.1 Å². The van der Waals surface area contributed by atoms with Gasteiger partial charge in [-0.25, -0.2) is 29.5 Å². The number of thioether (sulfide) groups is 4. The molecule has 0 saturated heterocycles. The van der Waals surface area contributed by atoms with Gasteiger partial charge in [-0.3, -0.25) is 14.4 Å². The van der Waals surface area contributed by atoms with E-state index in [4.69, 9.17) is 0 Å². The highest BCUT2D eigenvalue weighted by atomic mass is 32.2. The van der Waals surface area contributed by atoms with Crippen molar-refractivity contribution in [1.29, 1.82) is 0 Å². The molecule has 1 aliphatic rings. The van der Waals surface area contributed by atoms with Crippen molar-refractivity contribution in [1.82, 2.24) is 30.6 Å². The maximum atomic E-state index is 14.5. The standard InChI is InChI=1S/C28H36N6O7S4/c1-14(35)32-19(27(38)39)11-44-24(18-10-22(43-4)31-13-30-18)16-6-5-7-17(23(16)37)25(26-29-9-8-21(34-26)42-3)45-12-20(28(40)41)33-15(2)36/h8-10,13,16-17,19-20,24-25H,5-7,11-12H2,1-4H3,(H,32,35)(H,33,36)(H,38,39)(H,40,41)/t16?,17?,19-,20-,24?,25?/m0/s1. The van der Waals surface area contributed by atoms with E-state index in [-0.39, 0.29) is 17.3 Å². The van der Waals surface area contributed by atoms with Crippen molar-refractivity contribution < 1.29 is 34.2 Å². The van der Waals surface area contributed by atoms with Crippen molar-refractivity contribution >= 4 is 76.6 Å². The fourth-order valence-electron chi connectivity index (χ4n) is 4.96. The van der Waals surface area contributed by atoms with Crippen LogP contribution in [0.5, 0.6) is 0 Å². The second-order valence-electron chi connectivity index (χ2n) is 10.2. The summed E-state index contributed by atoms with van der Waals surface area (Å²) in [5.41, 5.74) is 0.576. The Morgan fingerprint density at radius 2 is 1.42 bits per heavy atom. The Labute approximate surface area is 278 Å². The van der Waals surface area contributed by atoms with E-state index in [1.54, 1.807) is 18.3 Å².